The third-order valence-electron chi connectivity index (χ3n) is 11.9. The Morgan fingerprint density at radius 1 is 0.390 bits per heavy atom. The van der Waals surface area contributed by atoms with E-state index in [4.69, 9.17) is 10.5 Å². The molecule has 4 aliphatic rings. The number of hydrogen-bond acceptors (Lipinski definition) is 18. The fraction of sp³-hybridized carbons (Fsp3) is 0.474. The fourth-order valence-electron chi connectivity index (χ4n) is 8.68. The van der Waals surface area contributed by atoms with E-state index < -0.39 is 0 Å². The van der Waals surface area contributed by atoms with Crippen molar-refractivity contribution in [1.29, 1.82) is 0 Å². The van der Waals surface area contributed by atoms with Gasteiger partial charge >= 0.3 is 0 Å². The SMILES string of the molecule is CC.CC.CC.CC.CC.CN=Nc1ccccc1.OOOSc1cc2c(c(O)c1N=Nc1ccc3c(c1O)CCCC3)CCCC2.OOOSc1cc2c(c(O)c1N=Nc1ccc3c(c1O)CCCC3)CCCC2.[Cu].[Cu]. The van der Waals surface area contributed by atoms with Crippen molar-refractivity contribution < 1.29 is 83.8 Å². The van der Waals surface area contributed by atoms with Crippen LogP contribution in [0.4, 0.5) is 28.4 Å². The van der Waals surface area contributed by atoms with Crippen LogP contribution in [0.5, 0.6) is 23.0 Å². The zero-order valence-electron chi connectivity index (χ0n) is 46.6. The van der Waals surface area contributed by atoms with E-state index in [-0.39, 0.29) is 68.5 Å². The molecule has 0 saturated heterocycles. The summed E-state index contributed by atoms with van der Waals surface area (Å²) in [5, 5.41) is 91.4. The number of phenols is 4. The van der Waals surface area contributed by atoms with Gasteiger partial charge in [0.05, 0.1) is 39.6 Å². The summed E-state index contributed by atoms with van der Waals surface area (Å²) in [6, 6.07) is 20.8. The summed E-state index contributed by atoms with van der Waals surface area (Å²) < 4.78 is 9.13. The van der Waals surface area contributed by atoms with Crippen LogP contribution in [0.25, 0.3) is 0 Å². The number of rotatable bonds is 11. The van der Waals surface area contributed by atoms with Gasteiger partial charge in [0.1, 0.15) is 45.7 Å². The van der Waals surface area contributed by atoms with E-state index in [9.17, 15) is 20.4 Å². The molecular formula is C57H82Cu2N6O10S2. The van der Waals surface area contributed by atoms with Crippen LogP contribution in [0.15, 0.2) is 107 Å². The van der Waals surface area contributed by atoms with E-state index in [1.54, 1.807) is 19.2 Å². The van der Waals surface area contributed by atoms with Gasteiger partial charge in [0, 0.05) is 41.2 Å². The summed E-state index contributed by atoms with van der Waals surface area (Å²) in [6.07, 6.45) is 15.3. The molecule has 0 atom stereocenters. The first-order valence-electron chi connectivity index (χ1n) is 26.7. The third-order valence-corrected chi connectivity index (χ3v) is 13.1. The van der Waals surface area contributed by atoms with E-state index >= 15 is 0 Å². The van der Waals surface area contributed by atoms with Gasteiger partial charge in [-0.25, -0.2) is 10.5 Å². The van der Waals surface area contributed by atoms with Crippen molar-refractivity contribution in [2.75, 3.05) is 7.05 Å². The number of hydrogen-bond donors (Lipinski definition) is 6. The molecule has 0 spiro atoms. The minimum absolute atomic E-state index is 0. The molecule has 0 saturated carbocycles. The summed E-state index contributed by atoms with van der Waals surface area (Å²) >= 11 is 1.50. The Morgan fingerprint density at radius 3 is 1.05 bits per heavy atom. The first kappa shape index (κ1) is 72.6. The zero-order valence-corrected chi connectivity index (χ0v) is 50.1. The van der Waals surface area contributed by atoms with Gasteiger partial charge in [0.2, 0.25) is 0 Å². The fourth-order valence-corrected chi connectivity index (χ4v) is 9.71. The molecule has 20 heteroatoms. The molecule has 5 aromatic carbocycles. The number of benzene rings is 5. The molecule has 0 heterocycles. The first-order chi connectivity index (χ1) is 36.8. The predicted molar refractivity (Wildman–Crippen MR) is 302 cm³/mol. The Morgan fingerprint density at radius 2 is 0.714 bits per heavy atom. The van der Waals surface area contributed by atoms with E-state index in [1.165, 1.54) is 0 Å². The molecular weight excluding hydrogens is 1120 g/mol. The van der Waals surface area contributed by atoms with Crippen molar-refractivity contribution in [3.05, 3.63) is 111 Å². The Bertz CT molecular complexity index is 2390. The quantitative estimate of drug-likeness (QED) is 0.0238. The second kappa shape index (κ2) is 42.5. The van der Waals surface area contributed by atoms with Crippen LogP contribution in [0.3, 0.4) is 0 Å². The summed E-state index contributed by atoms with van der Waals surface area (Å²) in [6.45, 7) is 20.0. The number of fused-ring (bicyclic) bond motifs is 4. The van der Waals surface area contributed by atoms with Crippen LogP contribution in [-0.4, -0.2) is 38.0 Å². The van der Waals surface area contributed by atoms with Crippen LogP contribution in [0.1, 0.15) is 165 Å². The maximum Gasteiger partial charge on any atom is 0.147 e. The second-order valence-corrected chi connectivity index (χ2v) is 17.4. The summed E-state index contributed by atoms with van der Waals surface area (Å²) in [4.78, 5) is 0.960. The van der Waals surface area contributed by atoms with Crippen molar-refractivity contribution >= 4 is 52.5 Å². The molecule has 434 valence electrons. The van der Waals surface area contributed by atoms with Crippen molar-refractivity contribution in [2.24, 2.45) is 30.7 Å². The third kappa shape index (κ3) is 21.6. The Balaban J connectivity index is 0.00000111. The average molecular weight is 1200 g/mol. The van der Waals surface area contributed by atoms with E-state index in [0.717, 1.165) is 177 Å². The van der Waals surface area contributed by atoms with Gasteiger partial charge in [-0.1, -0.05) is 110 Å². The molecule has 4 aliphatic carbocycles. The number of azo groups is 3. The number of aromatic hydroxyl groups is 4. The van der Waals surface area contributed by atoms with Crippen LogP contribution in [0, 0.1) is 0 Å². The topological polar surface area (TPSA) is 232 Å². The van der Waals surface area contributed by atoms with Gasteiger partial charge in [0.15, 0.2) is 0 Å². The molecule has 0 fully saturated rings. The minimum atomic E-state index is 0. The Hall–Kier alpha value is -4.40. The van der Waals surface area contributed by atoms with Gasteiger partial charge in [-0.3, -0.25) is 0 Å². The van der Waals surface area contributed by atoms with Crippen molar-refractivity contribution in [2.45, 2.75) is 182 Å². The maximum atomic E-state index is 10.8. The monoisotopic (exact) mass is 1200 g/mol. The molecule has 2 radical (unpaired) electrons. The van der Waals surface area contributed by atoms with Crippen molar-refractivity contribution in [1.82, 2.24) is 0 Å². The molecule has 0 aliphatic heterocycles. The smallest absolute Gasteiger partial charge is 0.147 e. The Kier molecular flexibility index (Phi) is 40.1. The van der Waals surface area contributed by atoms with E-state index in [2.05, 4.69) is 49.4 Å². The molecule has 77 heavy (non-hydrogen) atoms. The molecule has 5 aromatic rings. The molecule has 0 aromatic heterocycles. The van der Waals surface area contributed by atoms with Crippen LogP contribution in [-0.2, 0) is 104 Å². The van der Waals surface area contributed by atoms with Gasteiger partial charge in [-0.15, -0.1) is 29.1 Å². The standard InChI is InChI=1S/2C20H22N2O5S.C7H8N2.5C2H6.2Cu/c2*23-19-14-7-3-1-5-12(14)9-10-16(19)21-22-18-17(28-27-26-25)11-13-6-2-4-8-15(13)20(18)24;1-8-9-7-5-3-2-4-6-7;5*1-2;;/h2*9-11,23-25H,1-8H2;2-6H,1H3;5*1-2H3;;. The maximum absolute atomic E-state index is 10.8. The molecule has 0 unspecified atom stereocenters. The summed E-state index contributed by atoms with van der Waals surface area (Å²) in [5.74, 6) is 0.426. The van der Waals surface area contributed by atoms with Crippen LogP contribution in [0.2, 0.25) is 0 Å². The normalized spacial score (nSPS) is 13.4. The number of nitrogens with zero attached hydrogens (tertiary/aromatic N) is 6. The predicted octanol–water partition coefficient (Wildman–Crippen LogP) is 18.9. The van der Waals surface area contributed by atoms with Crippen LogP contribution >= 0.6 is 24.1 Å². The molecule has 9 rings (SSSR count). The largest absolute Gasteiger partial charge is 0.505 e. The van der Waals surface area contributed by atoms with Gasteiger partial charge in [0.25, 0.3) is 0 Å². The summed E-state index contributed by atoms with van der Waals surface area (Å²) in [7, 11) is 1.66. The van der Waals surface area contributed by atoms with Crippen molar-refractivity contribution in [3.8, 4) is 23.0 Å². The Labute approximate surface area is 487 Å². The minimum Gasteiger partial charge on any atom is -0.505 e. The molecule has 0 amide bonds. The van der Waals surface area contributed by atoms with E-state index in [1.807, 2.05) is 124 Å². The summed E-state index contributed by atoms with van der Waals surface area (Å²) in [5.41, 5.74) is 10.1. The van der Waals surface area contributed by atoms with Crippen LogP contribution < -0.4 is 0 Å². The molecule has 6 N–H and O–H groups in total. The van der Waals surface area contributed by atoms with Gasteiger partial charge in [-0.2, -0.15) is 10.2 Å². The molecule has 0 bridgehead atoms. The zero-order chi connectivity index (χ0) is 55.5. The first-order valence-corrected chi connectivity index (χ1v) is 28.2. The molecule has 16 nitrogen and oxygen atoms in total. The van der Waals surface area contributed by atoms with E-state index in [0.29, 0.717) is 21.2 Å². The number of phenolic OH excluding ortho intramolecular Hbond substituents is 4. The van der Waals surface area contributed by atoms with Gasteiger partial charge < -0.3 is 20.4 Å². The second-order valence-electron chi connectivity index (χ2n) is 15.9. The average Bonchev–Trinajstić information content (AvgIpc) is 3.48. The van der Waals surface area contributed by atoms with Crippen molar-refractivity contribution in [3.63, 3.8) is 0 Å². The number of aryl methyl sites for hydroxylation is 4. The van der Waals surface area contributed by atoms with Gasteiger partial charge in [-0.05, 0) is 184 Å².